The van der Waals surface area contributed by atoms with Crippen LogP contribution in [0.25, 0.3) is 0 Å². The first-order chi connectivity index (χ1) is 16.7. The first-order valence-electron chi connectivity index (χ1n) is 13.1. The van der Waals surface area contributed by atoms with E-state index in [-0.39, 0.29) is 59.7 Å². The molecule has 0 heterocycles. The molecular weight excluding hydrogens is 486 g/mol. The summed E-state index contributed by atoms with van der Waals surface area (Å²) in [4.78, 5) is 25.0. The predicted octanol–water partition coefficient (Wildman–Crippen LogP) is 5.59. The number of alkyl halides is 1. The Kier molecular flexibility index (Phi) is 7.04. The summed E-state index contributed by atoms with van der Waals surface area (Å²) in [5.41, 5.74) is -3.35. The minimum Gasteiger partial charge on any atom is -0.481 e. The maximum absolute atomic E-state index is 15.7. The van der Waals surface area contributed by atoms with E-state index in [1.54, 1.807) is 13.0 Å². The summed E-state index contributed by atoms with van der Waals surface area (Å²) in [6.07, 6.45) is 1.55. The summed E-state index contributed by atoms with van der Waals surface area (Å²) in [5.74, 6) is -3.45. The lowest BCUT2D eigenvalue weighted by molar-refractivity contribution is -0.188. The molecule has 8 heteroatoms. The highest BCUT2D eigenvalue weighted by atomic mass is 32.1. The van der Waals surface area contributed by atoms with Crippen LogP contribution in [0.1, 0.15) is 73.6 Å². The topological polar surface area (TPSA) is 72.8 Å². The number of aliphatic hydroxyl groups excluding tert-OH is 1. The zero-order chi connectivity index (χ0) is 26.8. The Morgan fingerprint density at radius 2 is 1.97 bits per heavy atom. The number of ketones is 1. The van der Waals surface area contributed by atoms with Gasteiger partial charge in [-0.2, -0.15) is 0 Å². The zero-order valence-electron chi connectivity index (χ0n) is 22.0. The SMILES string of the molecule is CCCC(=O)O[C@]1(C(=S)OC(C)C)[C@@H](C)C[C@H]2[C@@H]3C[C@H](F)C4=C(F)C(=O)C=C[C@]4(C)[C@H]3[C@@H](O)C[C@@]21C. The van der Waals surface area contributed by atoms with Gasteiger partial charge in [-0.05, 0) is 69.7 Å². The molecule has 4 rings (SSSR count). The molecule has 0 saturated heterocycles. The number of rotatable bonds is 5. The molecule has 0 aromatic rings. The second kappa shape index (κ2) is 9.26. The van der Waals surface area contributed by atoms with Gasteiger partial charge in [0, 0.05) is 34.7 Å². The van der Waals surface area contributed by atoms with Crippen molar-refractivity contribution in [2.24, 2.45) is 34.5 Å². The second-order valence-corrected chi connectivity index (χ2v) is 12.3. The number of halogens is 2. The van der Waals surface area contributed by atoms with Gasteiger partial charge in [0.1, 0.15) is 6.17 Å². The molecule has 0 aromatic heterocycles. The molecule has 0 aliphatic heterocycles. The van der Waals surface area contributed by atoms with Gasteiger partial charge >= 0.3 is 5.97 Å². The molecule has 9 atom stereocenters. The standard InChI is InChI=1S/C28H38F2O5S/c1-7-8-21(33)35-28(25(36)34-14(2)3)15(4)11-17-16-12-18(29)23-24(30)19(31)9-10-26(23,5)22(16)20(32)13-27(17,28)6/h9-10,14-18,20,22,32H,7-8,11-13H2,1-6H3/t15-,16-,17-,18-,20-,22+,26+,27-,28-/m0/s1. The highest BCUT2D eigenvalue weighted by Crippen LogP contribution is 2.70. The van der Waals surface area contributed by atoms with Crippen LogP contribution in [0.5, 0.6) is 0 Å². The lowest BCUT2D eigenvalue weighted by Gasteiger charge is -2.60. The molecule has 0 bridgehead atoms. The van der Waals surface area contributed by atoms with Crippen LogP contribution in [-0.4, -0.2) is 45.9 Å². The van der Waals surface area contributed by atoms with E-state index >= 15 is 4.39 Å². The van der Waals surface area contributed by atoms with Gasteiger partial charge < -0.3 is 14.6 Å². The quantitative estimate of drug-likeness (QED) is 0.373. The molecule has 3 fully saturated rings. The van der Waals surface area contributed by atoms with Crippen LogP contribution in [-0.2, 0) is 19.1 Å². The number of fused-ring (bicyclic) bond motifs is 5. The third-order valence-electron chi connectivity index (χ3n) is 9.47. The van der Waals surface area contributed by atoms with Crippen molar-refractivity contribution >= 4 is 29.0 Å². The van der Waals surface area contributed by atoms with Gasteiger partial charge in [0.05, 0.1) is 12.2 Å². The number of thiocarbonyl (C=S) groups is 1. The van der Waals surface area contributed by atoms with Crippen LogP contribution in [0.3, 0.4) is 0 Å². The Bertz CT molecular complexity index is 1020. The van der Waals surface area contributed by atoms with Crippen molar-refractivity contribution < 1.29 is 33.0 Å². The highest BCUT2D eigenvalue weighted by molar-refractivity contribution is 7.80. The normalized spacial score (nSPS) is 43.7. The average Bonchev–Trinajstić information content (AvgIpc) is 2.98. The Labute approximate surface area is 217 Å². The summed E-state index contributed by atoms with van der Waals surface area (Å²) in [7, 11) is 0. The number of hydrogen-bond donors (Lipinski definition) is 1. The molecule has 0 aromatic carbocycles. The fourth-order valence-corrected chi connectivity index (χ4v) is 8.85. The van der Waals surface area contributed by atoms with Crippen molar-refractivity contribution in [3.8, 4) is 0 Å². The minimum absolute atomic E-state index is 0.00898. The molecule has 200 valence electrons. The summed E-state index contributed by atoms with van der Waals surface area (Å²) in [6, 6.07) is 0. The van der Waals surface area contributed by atoms with Crippen LogP contribution in [0.4, 0.5) is 8.78 Å². The second-order valence-electron chi connectivity index (χ2n) is 11.9. The van der Waals surface area contributed by atoms with Crippen LogP contribution >= 0.6 is 12.2 Å². The van der Waals surface area contributed by atoms with E-state index in [0.29, 0.717) is 12.8 Å². The van der Waals surface area contributed by atoms with Crippen molar-refractivity contribution in [2.45, 2.75) is 97.6 Å². The monoisotopic (exact) mass is 524 g/mol. The van der Waals surface area contributed by atoms with Crippen molar-refractivity contribution in [3.05, 3.63) is 23.6 Å². The van der Waals surface area contributed by atoms with Gasteiger partial charge in [0.2, 0.25) is 10.8 Å². The van der Waals surface area contributed by atoms with Crippen molar-refractivity contribution in [1.82, 2.24) is 0 Å². The molecular formula is C28H38F2O5S. The van der Waals surface area contributed by atoms with Gasteiger partial charge in [0.15, 0.2) is 11.4 Å². The Hall–Kier alpha value is -1.67. The highest BCUT2D eigenvalue weighted by Gasteiger charge is 2.73. The van der Waals surface area contributed by atoms with Crippen LogP contribution < -0.4 is 0 Å². The minimum atomic E-state index is -1.65. The van der Waals surface area contributed by atoms with Gasteiger partial charge in [0.25, 0.3) is 0 Å². The summed E-state index contributed by atoms with van der Waals surface area (Å²) < 4.78 is 42.9. The van der Waals surface area contributed by atoms with E-state index in [0.717, 1.165) is 6.08 Å². The van der Waals surface area contributed by atoms with E-state index in [1.165, 1.54) is 0 Å². The van der Waals surface area contributed by atoms with E-state index in [9.17, 15) is 19.1 Å². The lowest BCUT2D eigenvalue weighted by Crippen LogP contribution is -2.64. The number of ether oxygens (including phenoxy) is 2. The third-order valence-corrected chi connectivity index (χ3v) is 9.87. The van der Waals surface area contributed by atoms with Crippen molar-refractivity contribution in [2.75, 3.05) is 0 Å². The first-order valence-corrected chi connectivity index (χ1v) is 13.5. The molecule has 4 aliphatic carbocycles. The molecule has 0 radical (unpaired) electrons. The number of hydrogen-bond acceptors (Lipinski definition) is 6. The fraction of sp³-hybridized carbons (Fsp3) is 0.750. The summed E-state index contributed by atoms with van der Waals surface area (Å²) in [5, 5.41) is 11.9. The van der Waals surface area contributed by atoms with Crippen LogP contribution in [0.15, 0.2) is 23.6 Å². The molecule has 3 saturated carbocycles. The third kappa shape index (κ3) is 3.72. The van der Waals surface area contributed by atoms with E-state index in [4.69, 9.17) is 21.7 Å². The fourth-order valence-electron chi connectivity index (χ4n) is 8.18. The van der Waals surface area contributed by atoms with Gasteiger partial charge in [-0.15, -0.1) is 0 Å². The first kappa shape index (κ1) is 27.4. The molecule has 0 amide bonds. The largest absolute Gasteiger partial charge is 0.481 e. The number of esters is 1. The van der Waals surface area contributed by atoms with Crippen molar-refractivity contribution in [1.29, 1.82) is 0 Å². The van der Waals surface area contributed by atoms with Gasteiger partial charge in [-0.1, -0.05) is 33.8 Å². The number of carbonyl (C=O) groups is 2. The van der Waals surface area contributed by atoms with Crippen molar-refractivity contribution in [3.63, 3.8) is 0 Å². The average molecular weight is 525 g/mol. The van der Waals surface area contributed by atoms with Gasteiger partial charge in [-0.3, -0.25) is 9.59 Å². The van der Waals surface area contributed by atoms with Crippen LogP contribution in [0, 0.1) is 34.5 Å². The maximum atomic E-state index is 15.7. The smallest absolute Gasteiger partial charge is 0.306 e. The number of allylic oxidation sites excluding steroid dienone is 4. The summed E-state index contributed by atoms with van der Waals surface area (Å²) >= 11 is 5.81. The molecule has 4 aliphatic rings. The maximum Gasteiger partial charge on any atom is 0.306 e. The predicted molar refractivity (Wildman–Crippen MR) is 135 cm³/mol. The van der Waals surface area contributed by atoms with E-state index in [2.05, 4.69) is 0 Å². The number of carbonyl (C=O) groups excluding carboxylic acids is 2. The van der Waals surface area contributed by atoms with Crippen LogP contribution in [0.2, 0.25) is 0 Å². The van der Waals surface area contributed by atoms with Gasteiger partial charge in [-0.25, -0.2) is 8.78 Å². The molecule has 1 N–H and O–H groups in total. The lowest BCUT2D eigenvalue weighted by atomic mass is 9.46. The molecule has 36 heavy (non-hydrogen) atoms. The summed E-state index contributed by atoms with van der Waals surface area (Å²) in [6.45, 7) is 11.3. The molecule has 5 nitrogen and oxygen atoms in total. The molecule has 0 spiro atoms. The van der Waals surface area contributed by atoms with E-state index < -0.39 is 46.2 Å². The molecule has 0 unspecified atom stereocenters. The zero-order valence-corrected chi connectivity index (χ0v) is 22.8. The Balaban J connectivity index is 1.83. The Morgan fingerprint density at radius 3 is 2.58 bits per heavy atom. The number of aliphatic hydroxyl groups is 1. The Morgan fingerprint density at radius 1 is 1.31 bits per heavy atom. The van der Waals surface area contributed by atoms with E-state index in [1.807, 2.05) is 34.6 Å².